The number of amides is 1. The maximum Gasteiger partial charge on any atom is 0.416 e. The number of carbonyl (C=O) groups is 1. The fourth-order valence-corrected chi connectivity index (χ4v) is 6.21. The van der Waals surface area contributed by atoms with E-state index in [-0.39, 0.29) is 44.5 Å². The summed E-state index contributed by atoms with van der Waals surface area (Å²) in [7, 11) is -3.33. The first-order chi connectivity index (χ1) is 18.3. The zero-order valence-electron chi connectivity index (χ0n) is 20.4. The Kier molecular flexibility index (Phi) is 6.93. The number of nitrogens with one attached hydrogen (secondary N) is 1. The number of hydrogen-bond acceptors (Lipinski definition) is 5. The number of rotatable bonds is 7. The molecule has 0 atom stereocenters. The van der Waals surface area contributed by atoms with Gasteiger partial charge in [-0.2, -0.15) is 13.2 Å². The molecule has 0 spiro atoms. The van der Waals surface area contributed by atoms with Crippen LogP contribution < -0.4 is 5.32 Å². The molecule has 1 saturated carbocycles. The van der Waals surface area contributed by atoms with Gasteiger partial charge in [0.25, 0.3) is 0 Å². The number of aromatic nitrogens is 1. The van der Waals surface area contributed by atoms with Gasteiger partial charge in [-0.25, -0.2) is 13.4 Å². The van der Waals surface area contributed by atoms with Crippen LogP contribution in [0.1, 0.15) is 42.3 Å². The van der Waals surface area contributed by atoms with Crippen LogP contribution >= 0.6 is 23.2 Å². The maximum absolute atomic E-state index is 13.1. The topological polar surface area (TPSA) is 89.3 Å². The molecule has 204 valence electrons. The van der Waals surface area contributed by atoms with E-state index in [2.05, 4.69) is 10.3 Å². The normalized spacial score (nSPS) is 14.9. The van der Waals surface area contributed by atoms with Gasteiger partial charge < -0.3 is 9.73 Å². The van der Waals surface area contributed by atoms with Gasteiger partial charge in [0, 0.05) is 21.3 Å². The van der Waals surface area contributed by atoms with Crippen LogP contribution in [0.2, 0.25) is 10.0 Å². The fraction of sp³-hybridized carbons (Fsp3) is 0.259. The minimum absolute atomic E-state index is 0.00377. The number of benzene rings is 3. The summed E-state index contributed by atoms with van der Waals surface area (Å²) < 4.78 is 69.0. The molecule has 39 heavy (non-hydrogen) atoms. The van der Waals surface area contributed by atoms with Crippen LogP contribution in [0.4, 0.5) is 18.9 Å². The monoisotopic (exact) mass is 596 g/mol. The standard InChI is InChI=1S/C27H21Cl2F3N2O4S/c1-2-39(36,37)18-6-3-15(4-7-18)11-23(35)33-17-13-19(28)24(20(29)14-17)26(9-10-26)25-34-21-8-5-16(27(30,31)32)12-22(21)38-25/h3-8,12-14H,2,9-11H2,1H3,(H,33,35). The number of oxazole rings is 1. The van der Waals surface area contributed by atoms with Crippen LogP contribution in [0.5, 0.6) is 0 Å². The van der Waals surface area contributed by atoms with Crippen LogP contribution in [0.3, 0.4) is 0 Å². The van der Waals surface area contributed by atoms with Gasteiger partial charge in [-0.1, -0.05) is 42.3 Å². The summed E-state index contributed by atoms with van der Waals surface area (Å²) in [4.78, 5) is 17.2. The van der Waals surface area contributed by atoms with Gasteiger partial charge in [-0.3, -0.25) is 4.79 Å². The van der Waals surface area contributed by atoms with E-state index in [1.54, 1.807) is 31.2 Å². The maximum atomic E-state index is 13.1. The molecule has 0 unspecified atom stereocenters. The summed E-state index contributed by atoms with van der Waals surface area (Å²) >= 11 is 13.2. The van der Waals surface area contributed by atoms with E-state index in [0.29, 0.717) is 35.2 Å². The first kappa shape index (κ1) is 27.5. The lowest BCUT2D eigenvalue weighted by molar-refractivity contribution is -0.137. The second kappa shape index (κ2) is 9.83. The molecule has 3 aromatic carbocycles. The van der Waals surface area contributed by atoms with Crippen LogP contribution in [-0.2, 0) is 32.6 Å². The number of nitrogens with zero attached hydrogens (tertiary/aromatic N) is 1. The van der Waals surface area contributed by atoms with E-state index in [4.69, 9.17) is 27.6 Å². The van der Waals surface area contributed by atoms with Crippen LogP contribution in [-0.4, -0.2) is 25.1 Å². The summed E-state index contributed by atoms with van der Waals surface area (Å²) in [5.41, 5.74) is 0.197. The summed E-state index contributed by atoms with van der Waals surface area (Å²) in [6.07, 6.45) is -3.34. The highest BCUT2D eigenvalue weighted by Gasteiger charge is 2.53. The Morgan fingerprint density at radius 1 is 1.05 bits per heavy atom. The van der Waals surface area contributed by atoms with Gasteiger partial charge >= 0.3 is 6.18 Å². The Hall–Kier alpha value is -3.08. The van der Waals surface area contributed by atoms with Gasteiger partial charge in [0.05, 0.1) is 28.0 Å². The van der Waals surface area contributed by atoms with Gasteiger partial charge in [0.1, 0.15) is 5.52 Å². The molecule has 0 saturated heterocycles. The van der Waals surface area contributed by atoms with Crippen molar-refractivity contribution in [3.05, 3.63) is 87.2 Å². The van der Waals surface area contributed by atoms with Crippen molar-refractivity contribution in [2.75, 3.05) is 11.1 Å². The molecule has 1 aliphatic rings. The van der Waals surface area contributed by atoms with Crippen molar-refractivity contribution in [3.8, 4) is 0 Å². The average Bonchev–Trinajstić information content (AvgIpc) is 3.53. The number of carbonyl (C=O) groups excluding carboxylic acids is 1. The second-order valence-corrected chi connectivity index (χ2v) is 12.5. The Morgan fingerprint density at radius 3 is 2.26 bits per heavy atom. The van der Waals surface area contributed by atoms with Gasteiger partial charge in [-0.15, -0.1) is 0 Å². The molecule has 0 aliphatic heterocycles. The molecule has 5 rings (SSSR count). The lowest BCUT2D eigenvalue weighted by atomic mass is 9.95. The van der Waals surface area contributed by atoms with Crippen molar-refractivity contribution < 1.29 is 30.8 Å². The summed E-state index contributed by atoms with van der Waals surface area (Å²) in [5.74, 6) is -0.149. The van der Waals surface area contributed by atoms with Gasteiger partial charge in [-0.05, 0) is 60.9 Å². The summed E-state index contributed by atoms with van der Waals surface area (Å²) in [6.45, 7) is 1.56. The predicted molar refractivity (Wildman–Crippen MR) is 142 cm³/mol. The lowest BCUT2D eigenvalue weighted by Crippen LogP contribution is -2.16. The molecule has 6 nitrogen and oxygen atoms in total. The third kappa shape index (κ3) is 5.37. The molecule has 12 heteroatoms. The summed E-state index contributed by atoms with van der Waals surface area (Å²) in [6, 6.07) is 12.3. The smallest absolute Gasteiger partial charge is 0.416 e. The van der Waals surface area contributed by atoms with Crippen molar-refractivity contribution in [2.45, 2.75) is 42.7 Å². The third-order valence-corrected chi connectivity index (χ3v) is 9.05. The van der Waals surface area contributed by atoms with E-state index in [1.807, 2.05) is 0 Å². The zero-order chi connectivity index (χ0) is 28.2. The highest BCUT2D eigenvalue weighted by atomic mass is 35.5. The molecular formula is C27H21Cl2F3N2O4S. The highest BCUT2D eigenvalue weighted by Crippen LogP contribution is 2.57. The third-order valence-electron chi connectivity index (χ3n) is 6.71. The molecule has 0 bridgehead atoms. The van der Waals surface area contributed by atoms with E-state index in [9.17, 15) is 26.4 Å². The Labute approximate surface area is 232 Å². The van der Waals surface area contributed by atoms with E-state index < -0.39 is 27.0 Å². The fourth-order valence-electron chi connectivity index (χ4n) is 4.48. The van der Waals surface area contributed by atoms with E-state index >= 15 is 0 Å². The Bertz CT molecular complexity index is 1670. The van der Waals surface area contributed by atoms with Gasteiger partial charge in [0.15, 0.2) is 15.4 Å². The van der Waals surface area contributed by atoms with E-state index in [0.717, 1.165) is 12.1 Å². The molecule has 1 aromatic heterocycles. The number of anilines is 1. The van der Waals surface area contributed by atoms with Crippen molar-refractivity contribution >= 4 is 55.7 Å². The number of hydrogen-bond donors (Lipinski definition) is 1. The number of fused-ring (bicyclic) bond motifs is 1. The zero-order valence-corrected chi connectivity index (χ0v) is 22.7. The Balaban J connectivity index is 1.35. The SMILES string of the molecule is CCS(=O)(=O)c1ccc(CC(=O)Nc2cc(Cl)c(C3(c4nc5ccc(C(F)(F)F)cc5o4)CC3)c(Cl)c2)cc1. The van der Waals surface area contributed by atoms with E-state index in [1.165, 1.54) is 18.2 Å². The minimum atomic E-state index is -4.51. The largest absolute Gasteiger partial charge is 0.440 e. The quantitative estimate of drug-likeness (QED) is 0.243. The number of sulfone groups is 1. The molecule has 4 aromatic rings. The van der Waals surface area contributed by atoms with Crippen molar-refractivity contribution in [2.24, 2.45) is 0 Å². The first-order valence-electron chi connectivity index (χ1n) is 11.9. The molecule has 1 heterocycles. The number of alkyl halides is 3. The molecule has 1 amide bonds. The van der Waals surface area contributed by atoms with Crippen LogP contribution in [0.15, 0.2) is 63.9 Å². The molecule has 1 N–H and O–H groups in total. The lowest BCUT2D eigenvalue weighted by Gasteiger charge is -2.17. The highest BCUT2D eigenvalue weighted by molar-refractivity contribution is 7.91. The molecular weight excluding hydrogens is 576 g/mol. The van der Waals surface area contributed by atoms with Crippen molar-refractivity contribution in [1.29, 1.82) is 0 Å². The van der Waals surface area contributed by atoms with Crippen LogP contribution in [0, 0.1) is 0 Å². The number of halogens is 5. The molecule has 1 aliphatic carbocycles. The van der Waals surface area contributed by atoms with Crippen molar-refractivity contribution in [1.82, 2.24) is 4.98 Å². The second-order valence-electron chi connectivity index (χ2n) is 9.37. The van der Waals surface area contributed by atoms with Crippen LogP contribution in [0.25, 0.3) is 11.1 Å². The predicted octanol–water partition coefficient (Wildman–Crippen LogP) is 7.21. The van der Waals surface area contributed by atoms with Crippen molar-refractivity contribution in [3.63, 3.8) is 0 Å². The van der Waals surface area contributed by atoms with Gasteiger partial charge in [0.2, 0.25) is 11.8 Å². The molecule has 1 fully saturated rings. The average molecular weight is 597 g/mol. The summed E-state index contributed by atoms with van der Waals surface area (Å²) in [5, 5.41) is 3.24. The molecule has 0 radical (unpaired) electrons. The Morgan fingerprint density at radius 2 is 1.69 bits per heavy atom. The first-order valence-corrected chi connectivity index (χ1v) is 14.3. The minimum Gasteiger partial charge on any atom is -0.440 e.